The number of nitrogens with one attached hydrogen (secondary N) is 1. The minimum atomic E-state index is -0.852. The van der Waals surface area contributed by atoms with Crippen LogP contribution in [-0.4, -0.2) is 36.1 Å². The van der Waals surface area contributed by atoms with Gasteiger partial charge < -0.3 is 15.3 Å². The van der Waals surface area contributed by atoms with E-state index < -0.39 is 5.97 Å². The van der Waals surface area contributed by atoms with E-state index >= 15 is 0 Å². The number of aliphatic carboxylic acids is 1. The summed E-state index contributed by atoms with van der Waals surface area (Å²) in [6.07, 6.45) is 0.0210. The summed E-state index contributed by atoms with van der Waals surface area (Å²) in [6, 6.07) is 5.74. The van der Waals surface area contributed by atoms with Crippen LogP contribution in [0.3, 0.4) is 0 Å². The van der Waals surface area contributed by atoms with Crippen molar-refractivity contribution < 1.29 is 14.7 Å². The van der Waals surface area contributed by atoms with Gasteiger partial charge in [-0.15, -0.1) is 0 Å². The third-order valence-electron chi connectivity index (χ3n) is 3.52. The lowest BCUT2D eigenvalue weighted by molar-refractivity contribution is -0.138. The first-order chi connectivity index (χ1) is 8.97. The van der Waals surface area contributed by atoms with Gasteiger partial charge in [0.1, 0.15) is 0 Å². The highest BCUT2D eigenvalue weighted by Crippen LogP contribution is 2.23. The molecule has 102 valence electrons. The molecule has 2 rings (SSSR count). The van der Waals surface area contributed by atoms with Gasteiger partial charge in [0, 0.05) is 12.2 Å². The van der Waals surface area contributed by atoms with Crippen molar-refractivity contribution in [3.63, 3.8) is 0 Å². The lowest BCUT2D eigenvalue weighted by Gasteiger charge is -2.36. The summed E-state index contributed by atoms with van der Waals surface area (Å²) in [5.41, 5.74) is 3.22. The van der Waals surface area contributed by atoms with Crippen LogP contribution in [0.1, 0.15) is 17.5 Å². The molecule has 0 spiro atoms. The first-order valence-corrected chi connectivity index (χ1v) is 6.30. The van der Waals surface area contributed by atoms with Gasteiger partial charge in [0.25, 0.3) is 0 Å². The summed E-state index contributed by atoms with van der Waals surface area (Å²) in [5.74, 6) is -0.921. The van der Waals surface area contributed by atoms with E-state index in [0.29, 0.717) is 6.54 Å². The monoisotopic (exact) mass is 262 g/mol. The van der Waals surface area contributed by atoms with Gasteiger partial charge in [0.05, 0.1) is 19.0 Å². The summed E-state index contributed by atoms with van der Waals surface area (Å²) in [6.45, 7) is 4.62. The number of carbonyl (C=O) groups excluding carboxylic acids is 1. The molecule has 0 aromatic heterocycles. The van der Waals surface area contributed by atoms with Gasteiger partial charge in [0.15, 0.2) is 0 Å². The van der Waals surface area contributed by atoms with E-state index in [0.717, 1.165) is 11.3 Å². The zero-order valence-corrected chi connectivity index (χ0v) is 11.1. The second-order valence-corrected chi connectivity index (χ2v) is 4.95. The molecule has 5 heteroatoms. The molecule has 1 saturated heterocycles. The normalized spacial score (nSPS) is 19.2. The van der Waals surface area contributed by atoms with E-state index in [2.05, 4.69) is 5.32 Å². The molecule has 0 radical (unpaired) electrons. The van der Waals surface area contributed by atoms with E-state index in [-0.39, 0.29) is 24.9 Å². The Balaban J connectivity index is 2.27. The summed E-state index contributed by atoms with van der Waals surface area (Å²) in [7, 11) is 0. The first kappa shape index (κ1) is 13.4. The highest BCUT2D eigenvalue weighted by atomic mass is 16.4. The molecule has 1 atom stereocenters. The molecule has 1 unspecified atom stereocenters. The molecule has 0 bridgehead atoms. The number of rotatable bonds is 3. The van der Waals surface area contributed by atoms with Gasteiger partial charge in [-0.05, 0) is 37.1 Å². The van der Waals surface area contributed by atoms with Gasteiger partial charge in [-0.2, -0.15) is 0 Å². The van der Waals surface area contributed by atoms with Crippen molar-refractivity contribution >= 4 is 17.6 Å². The van der Waals surface area contributed by atoms with Crippen LogP contribution in [0.5, 0.6) is 0 Å². The lowest BCUT2D eigenvalue weighted by atomic mass is 10.0. The minimum absolute atomic E-state index is 0.0210. The van der Waals surface area contributed by atoms with E-state index in [1.54, 1.807) is 0 Å². The number of carboxylic acid groups (broad SMARTS) is 1. The summed E-state index contributed by atoms with van der Waals surface area (Å²) >= 11 is 0. The third-order valence-corrected chi connectivity index (χ3v) is 3.52. The van der Waals surface area contributed by atoms with Crippen molar-refractivity contribution in [2.75, 3.05) is 18.0 Å². The van der Waals surface area contributed by atoms with Gasteiger partial charge in [-0.3, -0.25) is 9.59 Å². The van der Waals surface area contributed by atoms with Crippen molar-refractivity contribution in [1.82, 2.24) is 5.32 Å². The Morgan fingerprint density at radius 3 is 2.79 bits per heavy atom. The Labute approximate surface area is 112 Å². The number of hydrogen-bond acceptors (Lipinski definition) is 3. The molecule has 0 aliphatic carbocycles. The fourth-order valence-corrected chi connectivity index (χ4v) is 2.27. The second-order valence-electron chi connectivity index (χ2n) is 4.95. The average Bonchev–Trinajstić information content (AvgIpc) is 2.34. The van der Waals surface area contributed by atoms with E-state index in [4.69, 9.17) is 5.11 Å². The maximum atomic E-state index is 11.5. The average molecular weight is 262 g/mol. The topological polar surface area (TPSA) is 69.6 Å². The predicted molar refractivity (Wildman–Crippen MR) is 72.3 cm³/mol. The Kier molecular flexibility index (Phi) is 3.74. The van der Waals surface area contributed by atoms with Crippen molar-refractivity contribution in [3.05, 3.63) is 29.3 Å². The number of piperazine rings is 1. The zero-order valence-electron chi connectivity index (χ0n) is 11.1. The van der Waals surface area contributed by atoms with Crippen LogP contribution in [0.4, 0.5) is 5.69 Å². The molecular weight excluding hydrogens is 244 g/mol. The fraction of sp³-hybridized carbons (Fsp3) is 0.429. The number of nitrogens with zero attached hydrogens (tertiary/aromatic N) is 1. The third kappa shape index (κ3) is 3.05. The Bertz CT molecular complexity index is 513. The largest absolute Gasteiger partial charge is 0.481 e. The molecule has 0 saturated carbocycles. The maximum absolute atomic E-state index is 11.5. The number of benzene rings is 1. The van der Waals surface area contributed by atoms with Gasteiger partial charge in [-0.25, -0.2) is 0 Å². The van der Waals surface area contributed by atoms with E-state index in [9.17, 15) is 9.59 Å². The molecule has 1 aromatic rings. The highest BCUT2D eigenvalue weighted by Gasteiger charge is 2.28. The van der Waals surface area contributed by atoms with Crippen molar-refractivity contribution in [3.8, 4) is 0 Å². The Hall–Kier alpha value is -2.04. The molecule has 1 fully saturated rings. The molecule has 1 aliphatic rings. The van der Waals surface area contributed by atoms with Crippen molar-refractivity contribution in [1.29, 1.82) is 0 Å². The lowest BCUT2D eigenvalue weighted by Crippen LogP contribution is -2.55. The molecule has 19 heavy (non-hydrogen) atoms. The van der Waals surface area contributed by atoms with Crippen LogP contribution >= 0.6 is 0 Å². The van der Waals surface area contributed by atoms with Crippen LogP contribution in [0.2, 0.25) is 0 Å². The van der Waals surface area contributed by atoms with Gasteiger partial charge in [-0.1, -0.05) is 6.07 Å². The van der Waals surface area contributed by atoms with Crippen LogP contribution in [0.25, 0.3) is 0 Å². The molecule has 1 heterocycles. The van der Waals surface area contributed by atoms with Crippen LogP contribution in [0.15, 0.2) is 18.2 Å². The van der Waals surface area contributed by atoms with Crippen molar-refractivity contribution in [2.24, 2.45) is 0 Å². The minimum Gasteiger partial charge on any atom is -0.481 e. The van der Waals surface area contributed by atoms with Crippen molar-refractivity contribution in [2.45, 2.75) is 26.3 Å². The predicted octanol–water partition coefficient (Wildman–Crippen LogP) is 1.08. The number of amides is 1. The van der Waals surface area contributed by atoms with Gasteiger partial charge >= 0.3 is 5.97 Å². The number of carbonyl (C=O) groups is 2. The summed E-state index contributed by atoms with van der Waals surface area (Å²) in [4.78, 5) is 24.3. The molecule has 1 amide bonds. The van der Waals surface area contributed by atoms with Crippen LogP contribution < -0.4 is 10.2 Å². The Morgan fingerprint density at radius 1 is 1.42 bits per heavy atom. The number of anilines is 1. The SMILES string of the molecule is Cc1ccc(N2CC(=O)NCC2CC(=O)O)cc1C. The highest BCUT2D eigenvalue weighted by molar-refractivity contribution is 5.83. The quantitative estimate of drug-likeness (QED) is 0.855. The smallest absolute Gasteiger partial charge is 0.305 e. The fourth-order valence-electron chi connectivity index (χ4n) is 2.27. The van der Waals surface area contributed by atoms with Crippen LogP contribution in [0, 0.1) is 13.8 Å². The van der Waals surface area contributed by atoms with E-state index in [1.165, 1.54) is 5.56 Å². The van der Waals surface area contributed by atoms with E-state index in [1.807, 2.05) is 36.9 Å². The standard InChI is InChI=1S/C14H18N2O3/c1-9-3-4-11(5-10(9)2)16-8-13(17)15-7-12(16)6-14(18)19/h3-5,12H,6-8H2,1-2H3,(H,15,17)(H,18,19). The molecule has 1 aliphatic heterocycles. The molecular formula is C14H18N2O3. The van der Waals surface area contributed by atoms with Crippen LogP contribution in [-0.2, 0) is 9.59 Å². The summed E-state index contributed by atoms with van der Waals surface area (Å²) < 4.78 is 0. The Morgan fingerprint density at radius 2 is 2.16 bits per heavy atom. The zero-order chi connectivity index (χ0) is 14.0. The summed E-state index contributed by atoms with van der Waals surface area (Å²) in [5, 5.41) is 11.7. The van der Waals surface area contributed by atoms with Gasteiger partial charge in [0.2, 0.25) is 5.91 Å². The molecule has 2 N–H and O–H groups in total. The second kappa shape index (κ2) is 5.30. The number of hydrogen-bond donors (Lipinski definition) is 2. The molecule has 1 aromatic carbocycles. The maximum Gasteiger partial charge on any atom is 0.305 e. The molecule has 5 nitrogen and oxygen atoms in total. The number of carboxylic acids is 1. The first-order valence-electron chi connectivity index (χ1n) is 6.30. The number of aryl methyl sites for hydroxylation is 2.